The lowest BCUT2D eigenvalue weighted by atomic mass is 10.0. The number of sulfonamides is 1. The van der Waals surface area contributed by atoms with Gasteiger partial charge in [0.1, 0.15) is 11.3 Å². The molecule has 0 aliphatic rings. The van der Waals surface area contributed by atoms with E-state index in [0.29, 0.717) is 17.0 Å². The van der Waals surface area contributed by atoms with Crippen molar-refractivity contribution >= 4 is 33.0 Å². The van der Waals surface area contributed by atoms with Gasteiger partial charge in [0.25, 0.3) is 11.9 Å². The van der Waals surface area contributed by atoms with Crippen LogP contribution >= 0.6 is 0 Å². The Morgan fingerprint density at radius 2 is 1.76 bits per heavy atom. The highest BCUT2D eigenvalue weighted by molar-refractivity contribution is 7.89. The molecule has 0 fully saturated rings. The molecule has 4 N–H and O–H groups in total. The number of nitrogens with two attached hydrogens (primary N) is 1. The first-order chi connectivity index (χ1) is 21.6. The molecule has 0 bridgehead atoms. The molecule has 1 amide bonds. The number of nitrogens with one attached hydrogen (secondary N) is 1. The summed E-state index contributed by atoms with van der Waals surface area (Å²) >= 11 is 0. The third kappa shape index (κ3) is 7.85. The molecule has 0 saturated carbocycles. The topological polar surface area (TPSA) is 161 Å². The maximum Gasteiger partial charge on any atom is 0.292 e. The van der Waals surface area contributed by atoms with Crippen molar-refractivity contribution in [3.8, 4) is 5.75 Å². The normalized spacial score (nSPS) is 13.1. The minimum absolute atomic E-state index is 0.0695. The lowest BCUT2D eigenvalue weighted by Gasteiger charge is -2.30. The highest BCUT2D eigenvalue weighted by Gasteiger charge is 2.32. The largest absolute Gasteiger partial charge is 0.483 e. The molecule has 2 unspecified atom stereocenters. The van der Waals surface area contributed by atoms with Crippen LogP contribution < -0.4 is 15.8 Å². The van der Waals surface area contributed by atoms with Crippen molar-refractivity contribution in [1.29, 1.82) is 0 Å². The van der Waals surface area contributed by atoms with Crippen molar-refractivity contribution in [2.75, 3.05) is 18.9 Å². The first-order valence-electron chi connectivity index (χ1n) is 14.4. The van der Waals surface area contributed by atoms with Gasteiger partial charge in [0.2, 0.25) is 10.0 Å². The number of nitrogens with zero attached hydrogens (tertiary/aromatic N) is 3. The number of amides is 1. The molecule has 2 aromatic heterocycles. The standard InChI is InChI=1S/C33H35N5O6S/c1-22-9-8-10-23(2)32(22)43-21-31(40)36-28(17-24-11-4-3-5-12-24)29(39)20-38(19-25-13-6-7-16-35-25)45(41,42)26-14-15-27-30(18-26)44-33(34)37-27/h3-16,18,28-29,39H,17,19-21H2,1-2H3,(H2,34,37)(H,36,40). The number of aryl methyl sites for hydroxylation is 2. The molecule has 0 radical (unpaired) electrons. The molecule has 3 aromatic carbocycles. The zero-order valence-corrected chi connectivity index (χ0v) is 25.8. The van der Waals surface area contributed by atoms with Gasteiger partial charge in [-0.05, 0) is 61.2 Å². The minimum Gasteiger partial charge on any atom is -0.483 e. The first kappa shape index (κ1) is 31.6. The van der Waals surface area contributed by atoms with Crippen LogP contribution in [0.4, 0.5) is 6.01 Å². The predicted octanol–water partition coefficient (Wildman–Crippen LogP) is 3.78. The Hall–Kier alpha value is -4.78. The number of pyridine rings is 1. The fourth-order valence-electron chi connectivity index (χ4n) is 5.05. The van der Waals surface area contributed by atoms with Crippen LogP contribution in [-0.4, -0.2) is 59.0 Å². The number of para-hydroxylation sites is 1. The van der Waals surface area contributed by atoms with E-state index in [0.717, 1.165) is 21.0 Å². The molecule has 11 nitrogen and oxygen atoms in total. The molecule has 2 heterocycles. The smallest absolute Gasteiger partial charge is 0.292 e. The van der Waals surface area contributed by atoms with E-state index in [-0.39, 0.29) is 42.6 Å². The number of aliphatic hydroxyl groups is 1. The van der Waals surface area contributed by atoms with Gasteiger partial charge in [0, 0.05) is 18.8 Å². The second kappa shape index (κ2) is 13.9. The average Bonchev–Trinajstić information content (AvgIpc) is 3.40. The van der Waals surface area contributed by atoms with E-state index >= 15 is 0 Å². The maximum atomic E-state index is 14.0. The van der Waals surface area contributed by atoms with E-state index in [9.17, 15) is 18.3 Å². The number of ether oxygens (including phenoxy) is 1. The molecular formula is C33H35N5O6S. The molecule has 234 valence electrons. The van der Waals surface area contributed by atoms with Crippen LogP contribution in [0.2, 0.25) is 0 Å². The van der Waals surface area contributed by atoms with Crippen molar-refractivity contribution in [2.45, 2.75) is 43.9 Å². The Balaban J connectivity index is 1.41. The molecule has 0 spiro atoms. The van der Waals surface area contributed by atoms with E-state index in [2.05, 4.69) is 15.3 Å². The quantitative estimate of drug-likeness (QED) is 0.176. The number of carbonyl (C=O) groups excluding carboxylic acids is 1. The minimum atomic E-state index is -4.20. The number of oxazole rings is 1. The Morgan fingerprint density at radius 1 is 1.02 bits per heavy atom. The summed E-state index contributed by atoms with van der Waals surface area (Å²) in [7, 11) is -4.20. The van der Waals surface area contributed by atoms with E-state index in [1.54, 1.807) is 24.4 Å². The first-order valence-corrected chi connectivity index (χ1v) is 15.8. The molecule has 5 rings (SSSR count). The van der Waals surface area contributed by atoms with E-state index in [4.69, 9.17) is 14.9 Å². The fourth-order valence-corrected chi connectivity index (χ4v) is 6.50. The van der Waals surface area contributed by atoms with Crippen LogP contribution in [0.5, 0.6) is 5.75 Å². The number of fused-ring (bicyclic) bond motifs is 1. The lowest BCUT2D eigenvalue weighted by molar-refractivity contribution is -0.124. The molecular weight excluding hydrogens is 594 g/mol. The van der Waals surface area contributed by atoms with Gasteiger partial charge in [-0.15, -0.1) is 0 Å². The summed E-state index contributed by atoms with van der Waals surface area (Å²) in [5, 5.41) is 14.5. The van der Waals surface area contributed by atoms with Gasteiger partial charge < -0.3 is 25.3 Å². The Morgan fingerprint density at radius 3 is 2.47 bits per heavy atom. The summed E-state index contributed by atoms with van der Waals surface area (Å²) in [6, 6.07) is 23.5. The van der Waals surface area contributed by atoms with Crippen molar-refractivity contribution in [3.05, 3.63) is 114 Å². The van der Waals surface area contributed by atoms with Crippen molar-refractivity contribution in [2.24, 2.45) is 0 Å². The summed E-state index contributed by atoms with van der Waals surface area (Å²) in [6.07, 6.45) is 0.504. The number of benzene rings is 3. The van der Waals surface area contributed by atoms with Gasteiger partial charge in [-0.2, -0.15) is 9.29 Å². The van der Waals surface area contributed by atoms with Gasteiger partial charge in [-0.3, -0.25) is 9.78 Å². The number of anilines is 1. The van der Waals surface area contributed by atoms with Crippen molar-refractivity contribution < 1.29 is 27.5 Å². The SMILES string of the molecule is Cc1cccc(C)c1OCC(=O)NC(Cc1ccccc1)C(O)CN(Cc1ccccn1)S(=O)(=O)c1ccc2nc(N)oc2c1. The van der Waals surface area contributed by atoms with Crippen LogP contribution in [0.3, 0.4) is 0 Å². The summed E-state index contributed by atoms with van der Waals surface area (Å²) in [4.78, 5) is 21.4. The highest BCUT2D eigenvalue weighted by Crippen LogP contribution is 2.25. The van der Waals surface area contributed by atoms with E-state index < -0.39 is 28.1 Å². The van der Waals surface area contributed by atoms with Crippen LogP contribution in [0, 0.1) is 13.8 Å². The zero-order valence-electron chi connectivity index (χ0n) is 25.0. The summed E-state index contributed by atoms with van der Waals surface area (Å²) in [6.45, 7) is 3.05. The van der Waals surface area contributed by atoms with Crippen molar-refractivity contribution in [3.63, 3.8) is 0 Å². The number of hydrogen-bond donors (Lipinski definition) is 3. The number of aliphatic hydroxyl groups excluding tert-OH is 1. The van der Waals surface area contributed by atoms with Crippen LogP contribution in [0.15, 0.2) is 100 Å². The molecule has 45 heavy (non-hydrogen) atoms. The Labute approximate surface area is 261 Å². The Bertz CT molecular complexity index is 1840. The summed E-state index contributed by atoms with van der Waals surface area (Å²) in [5.74, 6) is 0.163. The second-order valence-electron chi connectivity index (χ2n) is 10.7. The molecule has 12 heteroatoms. The maximum absolute atomic E-state index is 14.0. The lowest BCUT2D eigenvalue weighted by Crippen LogP contribution is -2.51. The van der Waals surface area contributed by atoms with Gasteiger partial charge >= 0.3 is 0 Å². The van der Waals surface area contributed by atoms with Crippen LogP contribution in [0.1, 0.15) is 22.4 Å². The number of carbonyl (C=O) groups is 1. The number of hydrogen-bond acceptors (Lipinski definition) is 9. The summed E-state index contributed by atoms with van der Waals surface area (Å²) in [5.41, 5.74) is 9.40. The van der Waals surface area contributed by atoms with Gasteiger partial charge in [-0.25, -0.2) is 8.42 Å². The third-order valence-electron chi connectivity index (χ3n) is 7.34. The highest BCUT2D eigenvalue weighted by atomic mass is 32.2. The molecule has 5 aromatic rings. The van der Waals surface area contributed by atoms with Crippen LogP contribution in [0.25, 0.3) is 11.1 Å². The predicted molar refractivity (Wildman–Crippen MR) is 170 cm³/mol. The average molecular weight is 630 g/mol. The number of nitrogen functional groups attached to an aromatic ring is 1. The molecule has 0 aliphatic carbocycles. The van der Waals surface area contributed by atoms with E-state index in [1.165, 1.54) is 18.2 Å². The molecule has 0 saturated heterocycles. The fraction of sp³-hybridized carbons (Fsp3) is 0.242. The Kier molecular flexibility index (Phi) is 9.77. The van der Waals surface area contributed by atoms with Crippen molar-refractivity contribution in [1.82, 2.24) is 19.6 Å². The van der Waals surface area contributed by atoms with E-state index in [1.807, 2.05) is 62.4 Å². The molecule has 0 aliphatic heterocycles. The van der Waals surface area contributed by atoms with Gasteiger partial charge in [0.05, 0.1) is 29.3 Å². The van der Waals surface area contributed by atoms with Crippen LogP contribution in [-0.2, 0) is 27.8 Å². The number of aromatic nitrogens is 2. The number of rotatable bonds is 13. The van der Waals surface area contributed by atoms with Gasteiger partial charge in [-0.1, -0.05) is 54.6 Å². The molecule has 2 atom stereocenters. The second-order valence-corrected chi connectivity index (χ2v) is 12.7. The zero-order chi connectivity index (χ0) is 32.0. The monoisotopic (exact) mass is 629 g/mol. The summed E-state index contributed by atoms with van der Waals surface area (Å²) < 4.78 is 40.4. The van der Waals surface area contributed by atoms with Gasteiger partial charge in [0.15, 0.2) is 12.2 Å². The third-order valence-corrected chi connectivity index (χ3v) is 9.14.